The number of ether oxygens (including phenoxy) is 2. The Morgan fingerprint density at radius 2 is 2.03 bits per heavy atom. The zero-order chi connectivity index (χ0) is 23.9. The largest absolute Gasteiger partial charge is 0.481 e. The topological polar surface area (TPSA) is 81.6 Å². The van der Waals surface area contributed by atoms with Crippen LogP contribution in [0.5, 0.6) is 5.88 Å². The SMILES string of the molecule is CCOC(=O)C[C@@H](c1ccc(OC)nc1)N1CC(CCCCc2ccc3c(n2)CCCC3)C1=O. The predicted octanol–water partition coefficient (Wildman–Crippen LogP) is 4.23. The van der Waals surface area contributed by atoms with Gasteiger partial charge in [-0.25, -0.2) is 4.98 Å². The fourth-order valence-corrected chi connectivity index (χ4v) is 4.98. The third-order valence-corrected chi connectivity index (χ3v) is 6.92. The maximum absolute atomic E-state index is 13.0. The van der Waals surface area contributed by atoms with Crippen molar-refractivity contribution in [2.24, 2.45) is 5.92 Å². The second-order valence-corrected chi connectivity index (χ2v) is 9.21. The van der Waals surface area contributed by atoms with Crippen molar-refractivity contribution < 1.29 is 19.1 Å². The summed E-state index contributed by atoms with van der Waals surface area (Å²) < 4.78 is 10.3. The first-order valence-electron chi connectivity index (χ1n) is 12.5. The van der Waals surface area contributed by atoms with Gasteiger partial charge in [-0.2, -0.15) is 0 Å². The van der Waals surface area contributed by atoms with E-state index in [0.29, 0.717) is 19.0 Å². The van der Waals surface area contributed by atoms with Crippen LogP contribution in [0.4, 0.5) is 0 Å². The number of pyridine rings is 2. The Morgan fingerprint density at radius 1 is 1.18 bits per heavy atom. The predicted molar refractivity (Wildman–Crippen MR) is 128 cm³/mol. The van der Waals surface area contributed by atoms with Crippen molar-refractivity contribution in [2.45, 2.75) is 70.8 Å². The van der Waals surface area contributed by atoms with Crippen molar-refractivity contribution >= 4 is 11.9 Å². The van der Waals surface area contributed by atoms with Crippen molar-refractivity contribution in [3.8, 4) is 5.88 Å². The number of carbonyl (C=O) groups is 2. The molecule has 1 amide bonds. The van der Waals surface area contributed by atoms with Crippen LogP contribution in [0, 0.1) is 5.92 Å². The highest BCUT2D eigenvalue weighted by atomic mass is 16.5. The minimum Gasteiger partial charge on any atom is -0.481 e. The molecule has 182 valence electrons. The summed E-state index contributed by atoms with van der Waals surface area (Å²) in [5.41, 5.74) is 4.69. The number of rotatable bonds is 11. The molecule has 0 N–H and O–H groups in total. The molecule has 0 aromatic carbocycles. The van der Waals surface area contributed by atoms with Crippen LogP contribution in [0.25, 0.3) is 0 Å². The van der Waals surface area contributed by atoms with Gasteiger partial charge in [-0.15, -0.1) is 0 Å². The van der Waals surface area contributed by atoms with Crippen molar-refractivity contribution in [3.05, 3.63) is 53.0 Å². The van der Waals surface area contributed by atoms with Gasteiger partial charge < -0.3 is 14.4 Å². The fraction of sp³-hybridized carbons (Fsp3) is 0.556. The van der Waals surface area contributed by atoms with Gasteiger partial charge in [0.05, 0.1) is 32.1 Å². The first-order chi connectivity index (χ1) is 16.6. The van der Waals surface area contributed by atoms with Crippen LogP contribution in [-0.4, -0.2) is 47.0 Å². The molecule has 1 aliphatic heterocycles. The average Bonchev–Trinajstić information content (AvgIpc) is 2.86. The molecule has 2 aliphatic rings. The summed E-state index contributed by atoms with van der Waals surface area (Å²) in [5, 5.41) is 0. The lowest BCUT2D eigenvalue weighted by molar-refractivity contribution is -0.155. The molecule has 4 rings (SSSR count). The van der Waals surface area contributed by atoms with E-state index >= 15 is 0 Å². The lowest BCUT2D eigenvalue weighted by atomic mass is 9.88. The fourth-order valence-electron chi connectivity index (χ4n) is 4.98. The molecule has 34 heavy (non-hydrogen) atoms. The first kappa shape index (κ1) is 24.2. The lowest BCUT2D eigenvalue weighted by Crippen LogP contribution is -2.54. The summed E-state index contributed by atoms with van der Waals surface area (Å²) in [6.45, 7) is 2.76. The number of esters is 1. The highest BCUT2D eigenvalue weighted by Crippen LogP contribution is 2.35. The van der Waals surface area contributed by atoms with Crippen molar-refractivity contribution in [2.75, 3.05) is 20.3 Å². The van der Waals surface area contributed by atoms with E-state index in [9.17, 15) is 9.59 Å². The number of carbonyl (C=O) groups excluding carboxylic acids is 2. The molecule has 1 fully saturated rings. The third kappa shape index (κ3) is 5.75. The van der Waals surface area contributed by atoms with Gasteiger partial charge in [0, 0.05) is 30.2 Å². The molecule has 0 bridgehead atoms. The molecule has 0 radical (unpaired) electrons. The standard InChI is InChI=1S/C27H35N3O4/c1-3-34-26(31)16-24(20-13-15-25(33-2)28-17-20)30-18-21(27(30)32)9-4-6-10-22-14-12-19-8-5-7-11-23(19)29-22/h12-15,17,21,24H,3-11,16,18H2,1-2H3/t21?,24-/m0/s1. The van der Waals surface area contributed by atoms with Crippen LogP contribution in [0.3, 0.4) is 0 Å². The normalized spacial score (nSPS) is 18.1. The van der Waals surface area contributed by atoms with Crippen LogP contribution in [0.15, 0.2) is 30.5 Å². The van der Waals surface area contributed by atoms with Gasteiger partial charge in [0.15, 0.2) is 0 Å². The molecule has 1 unspecified atom stereocenters. The number of likely N-dealkylation sites (tertiary alicyclic amines) is 1. The van der Waals surface area contributed by atoms with Crippen molar-refractivity contribution in [1.29, 1.82) is 0 Å². The van der Waals surface area contributed by atoms with E-state index in [1.807, 2.05) is 6.07 Å². The van der Waals surface area contributed by atoms with E-state index in [4.69, 9.17) is 14.5 Å². The molecule has 2 aromatic heterocycles. The number of aromatic nitrogens is 2. The van der Waals surface area contributed by atoms with Crippen molar-refractivity contribution in [1.82, 2.24) is 14.9 Å². The molecule has 2 aromatic rings. The quantitative estimate of drug-likeness (QED) is 0.281. The van der Waals surface area contributed by atoms with E-state index in [-0.39, 0.29) is 30.3 Å². The second kappa shape index (κ2) is 11.4. The Bertz CT molecular complexity index is 992. The van der Waals surface area contributed by atoms with E-state index in [1.165, 1.54) is 29.8 Å². The average molecular weight is 466 g/mol. The molecular weight excluding hydrogens is 430 g/mol. The Labute approximate surface area is 201 Å². The summed E-state index contributed by atoms with van der Waals surface area (Å²) in [6.07, 6.45) is 10.4. The van der Waals surface area contributed by atoms with Crippen LogP contribution >= 0.6 is 0 Å². The summed E-state index contributed by atoms with van der Waals surface area (Å²) in [6, 6.07) is 7.68. The third-order valence-electron chi connectivity index (χ3n) is 6.92. The van der Waals surface area contributed by atoms with Gasteiger partial charge in [-0.3, -0.25) is 14.6 Å². The number of unbranched alkanes of at least 4 members (excludes halogenated alkanes) is 1. The highest BCUT2D eigenvalue weighted by molar-refractivity contribution is 5.85. The Kier molecular flexibility index (Phi) is 8.14. The van der Waals surface area contributed by atoms with Crippen LogP contribution in [0.2, 0.25) is 0 Å². The summed E-state index contributed by atoms with van der Waals surface area (Å²) in [7, 11) is 1.56. The molecule has 1 saturated heterocycles. The van der Waals surface area contributed by atoms with Crippen LogP contribution in [-0.2, 0) is 33.6 Å². The van der Waals surface area contributed by atoms with Crippen molar-refractivity contribution in [3.63, 3.8) is 0 Å². The number of nitrogens with zero attached hydrogens (tertiary/aromatic N) is 3. The Morgan fingerprint density at radius 3 is 2.76 bits per heavy atom. The molecular formula is C27H35N3O4. The highest BCUT2D eigenvalue weighted by Gasteiger charge is 2.41. The number of β-lactam (4-membered cyclic amide) rings is 1. The van der Waals surface area contributed by atoms with Crippen LogP contribution in [0.1, 0.15) is 74.0 Å². The molecule has 7 heteroatoms. The molecule has 1 aliphatic carbocycles. The zero-order valence-electron chi connectivity index (χ0n) is 20.3. The zero-order valence-corrected chi connectivity index (χ0v) is 20.3. The maximum Gasteiger partial charge on any atom is 0.308 e. The van der Waals surface area contributed by atoms with E-state index in [1.54, 1.807) is 31.2 Å². The van der Waals surface area contributed by atoms with Gasteiger partial charge in [-0.05, 0) is 69.1 Å². The van der Waals surface area contributed by atoms with Crippen LogP contribution < -0.4 is 4.74 Å². The van der Waals surface area contributed by atoms with E-state index in [0.717, 1.165) is 44.1 Å². The maximum atomic E-state index is 13.0. The first-order valence-corrected chi connectivity index (χ1v) is 12.5. The molecule has 2 atom stereocenters. The Balaban J connectivity index is 1.28. The van der Waals surface area contributed by atoms with Gasteiger partial charge >= 0.3 is 5.97 Å². The number of hydrogen-bond donors (Lipinski definition) is 0. The minimum atomic E-state index is -0.360. The van der Waals surface area contributed by atoms with Gasteiger partial charge in [0.2, 0.25) is 11.8 Å². The number of amides is 1. The van der Waals surface area contributed by atoms with E-state index < -0.39 is 0 Å². The Hall–Kier alpha value is -2.96. The monoisotopic (exact) mass is 465 g/mol. The minimum absolute atomic E-state index is 0.0207. The van der Waals surface area contributed by atoms with Gasteiger partial charge in [0.25, 0.3) is 0 Å². The summed E-state index contributed by atoms with van der Waals surface area (Å²) in [4.78, 5) is 36.1. The van der Waals surface area contributed by atoms with Gasteiger partial charge in [-0.1, -0.05) is 18.6 Å². The van der Waals surface area contributed by atoms with E-state index in [2.05, 4.69) is 17.1 Å². The molecule has 0 spiro atoms. The summed E-state index contributed by atoms with van der Waals surface area (Å²) >= 11 is 0. The van der Waals surface area contributed by atoms with Gasteiger partial charge in [0.1, 0.15) is 0 Å². The molecule has 3 heterocycles. The summed E-state index contributed by atoms with van der Waals surface area (Å²) in [5.74, 6) is 0.321. The molecule has 0 saturated carbocycles. The lowest BCUT2D eigenvalue weighted by Gasteiger charge is -2.43. The number of methoxy groups -OCH3 is 1. The molecule has 7 nitrogen and oxygen atoms in total. The second-order valence-electron chi connectivity index (χ2n) is 9.21. The smallest absolute Gasteiger partial charge is 0.308 e. The number of hydrogen-bond acceptors (Lipinski definition) is 6. The number of aryl methyl sites for hydroxylation is 3. The number of fused-ring (bicyclic) bond motifs is 1.